The summed E-state index contributed by atoms with van der Waals surface area (Å²) in [5.41, 5.74) is 6.69. The number of fused-ring (bicyclic) bond motifs is 2. The molecular formula is C24H27ClN2O2. The number of carbonyl (C=O) groups is 1. The van der Waals surface area contributed by atoms with Crippen LogP contribution in [0.25, 0.3) is 5.57 Å². The van der Waals surface area contributed by atoms with Crippen molar-refractivity contribution in [3.63, 3.8) is 0 Å². The third-order valence-electron chi connectivity index (χ3n) is 6.16. The topological polar surface area (TPSA) is 42.4 Å². The van der Waals surface area contributed by atoms with E-state index in [1.807, 2.05) is 37.1 Å². The Hall–Kier alpha value is -2.17. The summed E-state index contributed by atoms with van der Waals surface area (Å²) in [6.07, 6.45) is 5.48. The van der Waals surface area contributed by atoms with Gasteiger partial charge in [-0.15, -0.1) is 0 Å². The van der Waals surface area contributed by atoms with E-state index in [9.17, 15) is 4.79 Å². The number of aromatic nitrogens is 1. The highest BCUT2D eigenvalue weighted by Gasteiger charge is 2.34. The minimum absolute atomic E-state index is 0.0515. The molecule has 0 saturated carbocycles. The van der Waals surface area contributed by atoms with Gasteiger partial charge in [0.05, 0.1) is 5.69 Å². The SMILES string of the molecule is COC(C)(C)C(=O)N1CCC(=C2c3ccc(Cl)cc3CCc3cccnc32)CC1. The Kier molecular flexibility index (Phi) is 5.50. The maximum Gasteiger partial charge on any atom is 0.254 e. The number of methoxy groups -OCH3 is 1. The highest BCUT2D eigenvalue weighted by molar-refractivity contribution is 6.30. The lowest BCUT2D eigenvalue weighted by atomic mass is 9.88. The molecule has 2 heterocycles. The third kappa shape index (κ3) is 3.84. The Balaban J connectivity index is 1.73. The number of ether oxygens (including phenoxy) is 1. The van der Waals surface area contributed by atoms with E-state index in [-0.39, 0.29) is 5.91 Å². The lowest BCUT2D eigenvalue weighted by Crippen LogP contribution is -2.48. The van der Waals surface area contributed by atoms with E-state index >= 15 is 0 Å². The Labute approximate surface area is 177 Å². The quantitative estimate of drug-likeness (QED) is 0.721. The smallest absolute Gasteiger partial charge is 0.254 e. The summed E-state index contributed by atoms with van der Waals surface area (Å²) in [5.74, 6) is 0.0515. The van der Waals surface area contributed by atoms with Crippen LogP contribution in [0, 0.1) is 0 Å². The van der Waals surface area contributed by atoms with Gasteiger partial charge in [-0.2, -0.15) is 0 Å². The van der Waals surface area contributed by atoms with Crippen molar-refractivity contribution in [3.8, 4) is 0 Å². The fraction of sp³-hybridized carbons (Fsp3) is 0.417. The van der Waals surface area contributed by atoms with Gasteiger partial charge in [0.1, 0.15) is 5.60 Å². The van der Waals surface area contributed by atoms with Crippen LogP contribution in [0.3, 0.4) is 0 Å². The number of piperidine rings is 1. The monoisotopic (exact) mass is 410 g/mol. The first kappa shape index (κ1) is 20.1. The molecule has 1 fully saturated rings. The number of benzene rings is 1. The van der Waals surface area contributed by atoms with Gasteiger partial charge >= 0.3 is 0 Å². The van der Waals surface area contributed by atoms with Crippen LogP contribution in [0.15, 0.2) is 42.1 Å². The van der Waals surface area contributed by atoms with Crippen LogP contribution < -0.4 is 0 Å². The van der Waals surface area contributed by atoms with Crippen molar-refractivity contribution in [1.29, 1.82) is 0 Å². The van der Waals surface area contributed by atoms with Crippen LogP contribution in [-0.2, 0) is 22.4 Å². The zero-order chi connectivity index (χ0) is 20.6. The Morgan fingerprint density at radius 1 is 1.10 bits per heavy atom. The molecule has 0 radical (unpaired) electrons. The summed E-state index contributed by atoms with van der Waals surface area (Å²) in [4.78, 5) is 19.5. The summed E-state index contributed by atoms with van der Waals surface area (Å²) in [6, 6.07) is 10.4. The van der Waals surface area contributed by atoms with E-state index in [0.29, 0.717) is 13.1 Å². The highest BCUT2D eigenvalue weighted by atomic mass is 35.5. The second-order valence-corrected chi connectivity index (χ2v) is 8.73. The summed E-state index contributed by atoms with van der Waals surface area (Å²) in [7, 11) is 1.59. The van der Waals surface area contributed by atoms with Gasteiger partial charge in [0, 0.05) is 37.0 Å². The first-order valence-electron chi connectivity index (χ1n) is 10.2. The fourth-order valence-electron chi connectivity index (χ4n) is 4.33. The molecule has 1 saturated heterocycles. The van der Waals surface area contributed by atoms with Gasteiger partial charge in [-0.1, -0.05) is 29.3 Å². The molecule has 4 nitrogen and oxygen atoms in total. The maximum absolute atomic E-state index is 12.8. The molecule has 5 heteroatoms. The summed E-state index contributed by atoms with van der Waals surface area (Å²) >= 11 is 6.30. The van der Waals surface area contributed by atoms with Crippen molar-refractivity contribution >= 4 is 23.1 Å². The number of hydrogen-bond acceptors (Lipinski definition) is 3. The normalized spacial score (nSPS) is 16.9. The molecule has 0 bridgehead atoms. The van der Waals surface area contributed by atoms with Gasteiger partial charge in [-0.25, -0.2) is 0 Å². The minimum atomic E-state index is -0.787. The number of amides is 1. The molecule has 1 aromatic carbocycles. The third-order valence-corrected chi connectivity index (χ3v) is 6.40. The van der Waals surface area contributed by atoms with E-state index < -0.39 is 5.60 Å². The molecule has 1 amide bonds. The first-order valence-corrected chi connectivity index (χ1v) is 10.6. The molecule has 152 valence electrons. The lowest BCUT2D eigenvalue weighted by molar-refractivity contribution is -0.151. The van der Waals surface area contributed by atoms with Crippen LogP contribution >= 0.6 is 11.6 Å². The number of rotatable bonds is 2. The van der Waals surface area contributed by atoms with Crippen molar-refractivity contribution in [2.45, 2.75) is 45.1 Å². The number of nitrogens with zero attached hydrogens (tertiary/aromatic N) is 2. The fourth-order valence-corrected chi connectivity index (χ4v) is 4.53. The number of carbonyl (C=O) groups excluding carboxylic acids is 1. The molecule has 29 heavy (non-hydrogen) atoms. The van der Waals surface area contributed by atoms with E-state index in [0.717, 1.165) is 36.4 Å². The zero-order valence-corrected chi connectivity index (χ0v) is 18.1. The molecule has 0 N–H and O–H groups in total. The highest BCUT2D eigenvalue weighted by Crippen LogP contribution is 2.38. The molecule has 4 rings (SSSR count). The van der Waals surface area contributed by atoms with Crippen LogP contribution in [0.5, 0.6) is 0 Å². The molecule has 2 aliphatic rings. The molecule has 1 aliphatic carbocycles. The van der Waals surface area contributed by atoms with Crippen LogP contribution in [0.2, 0.25) is 5.02 Å². The first-order chi connectivity index (χ1) is 13.9. The Bertz CT molecular complexity index is 971. The predicted molar refractivity (Wildman–Crippen MR) is 116 cm³/mol. The van der Waals surface area contributed by atoms with E-state index in [4.69, 9.17) is 21.3 Å². The number of pyridine rings is 1. The van der Waals surface area contributed by atoms with Crippen molar-refractivity contribution in [2.75, 3.05) is 20.2 Å². The van der Waals surface area contributed by atoms with Gasteiger partial charge in [-0.05, 0) is 74.4 Å². The van der Waals surface area contributed by atoms with Crippen molar-refractivity contribution in [1.82, 2.24) is 9.88 Å². The average Bonchev–Trinajstić information content (AvgIpc) is 2.90. The van der Waals surface area contributed by atoms with E-state index in [1.165, 1.54) is 27.8 Å². The van der Waals surface area contributed by atoms with Gasteiger partial charge in [0.15, 0.2) is 0 Å². The van der Waals surface area contributed by atoms with E-state index in [1.54, 1.807) is 7.11 Å². The number of likely N-dealkylation sites (tertiary alicyclic amines) is 1. The van der Waals surface area contributed by atoms with Gasteiger partial charge in [0.25, 0.3) is 5.91 Å². The second-order valence-electron chi connectivity index (χ2n) is 8.30. The molecule has 1 aromatic heterocycles. The van der Waals surface area contributed by atoms with Crippen LogP contribution in [0.4, 0.5) is 0 Å². The summed E-state index contributed by atoms with van der Waals surface area (Å²) in [5, 5.41) is 0.772. The number of halogens is 1. The standard InChI is InChI=1S/C24H27ClN2O2/c1-24(2,29-3)23(28)27-13-10-16(11-14-27)21-20-9-8-19(25)15-18(20)7-6-17-5-4-12-26-22(17)21/h4-5,8-9,12,15H,6-7,10-11,13-14H2,1-3H3. The molecule has 0 spiro atoms. The van der Waals surface area contributed by atoms with Crippen molar-refractivity contribution < 1.29 is 9.53 Å². The van der Waals surface area contributed by atoms with Gasteiger partial charge in [0.2, 0.25) is 0 Å². The maximum atomic E-state index is 12.8. The van der Waals surface area contributed by atoms with Crippen LogP contribution in [-0.4, -0.2) is 41.6 Å². The molecule has 0 unspecified atom stereocenters. The summed E-state index contributed by atoms with van der Waals surface area (Å²) in [6.45, 7) is 5.06. The molecule has 1 aliphatic heterocycles. The lowest BCUT2D eigenvalue weighted by Gasteiger charge is -2.35. The molecular weight excluding hydrogens is 384 g/mol. The number of aryl methyl sites for hydroxylation is 2. The molecule has 2 aromatic rings. The molecule has 0 atom stereocenters. The van der Waals surface area contributed by atoms with E-state index in [2.05, 4.69) is 18.2 Å². The van der Waals surface area contributed by atoms with Crippen molar-refractivity contribution in [3.05, 3.63) is 69.5 Å². The summed E-state index contributed by atoms with van der Waals surface area (Å²) < 4.78 is 5.39. The van der Waals surface area contributed by atoms with Gasteiger partial charge < -0.3 is 9.64 Å². The second kappa shape index (κ2) is 7.92. The predicted octanol–water partition coefficient (Wildman–Crippen LogP) is 4.68. The minimum Gasteiger partial charge on any atom is -0.369 e. The Morgan fingerprint density at radius 3 is 2.55 bits per heavy atom. The number of hydrogen-bond donors (Lipinski definition) is 0. The zero-order valence-electron chi connectivity index (χ0n) is 17.3. The van der Waals surface area contributed by atoms with Crippen molar-refractivity contribution in [2.24, 2.45) is 0 Å². The van der Waals surface area contributed by atoms with Crippen LogP contribution in [0.1, 0.15) is 49.1 Å². The Morgan fingerprint density at radius 2 is 1.83 bits per heavy atom. The largest absolute Gasteiger partial charge is 0.369 e. The van der Waals surface area contributed by atoms with Gasteiger partial charge in [-0.3, -0.25) is 9.78 Å². The average molecular weight is 411 g/mol.